The number of aryl methyl sites for hydroxylation is 3. The number of carbonyl (C=O) groups is 1. The van der Waals surface area contributed by atoms with E-state index in [1.807, 2.05) is 24.5 Å². The highest BCUT2D eigenvalue weighted by Crippen LogP contribution is 2.30. The van der Waals surface area contributed by atoms with E-state index in [4.69, 9.17) is 11.6 Å². The lowest BCUT2D eigenvalue weighted by molar-refractivity contribution is 0.112. The topological polar surface area (TPSA) is 22.0 Å². The molecule has 0 N–H and O–H groups in total. The van der Waals surface area contributed by atoms with Crippen molar-refractivity contribution in [2.24, 2.45) is 0 Å². The molecule has 2 aromatic rings. The Morgan fingerprint density at radius 3 is 2.50 bits per heavy atom. The van der Waals surface area contributed by atoms with Gasteiger partial charge in [-0.1, -0.05) is 11.6 Å². The first-order valence-electron chi connectivity index (χ1n) is 5.34. The van der Waals surface area contributed by atoms with Gasteiger partial charge in [-0.3, -0.25) is 4.79 Å². The Kier molecular flexibility index (Phi) is 2.76. The maximum Gasteiger partial charge on any atom is 0.153 e. The van der Waals surface area contributed by atoms with Gasteiger partial charge < -0.3 is 4.57 Å². The summed E-state index contributed by atoms with van der Waals surface area (Å²) in [6.07, 6.45) is 0.839. The van der Waals surface area contributed by atoms with E-state index in [2.05, 4.69) is 13.0 Å². The molecule has 0 unspecified atom stereocenters. The molecule has 16 heavy (non-hydrogen) atoms. The highest BCUT2D eigenvalue weighted by Gasteiger charge is 2.14. The van der Waals surface area contributed by atoms with Crippen molar-refractivity contribution in [3.05, 3.63) is 34.0 Å². The van der Waals surface area contributed by atoms with Crippen LogP contribution in [0.2, 0.25) is 5.15 Å². The van der Waals surface area contributed by atoms with Crippen LogP contribution in [0.15, 0.2) is 12.1 Å². The number of hydrogen-bond acceptors (Lipinski definition) is 1. The van der Waals surface area contributed by atoms with E-state index in [9.17, 15) is 4.79 Å². The molecule has 1 aromatic carbocycles. The van der Waals surface area contributed by atoms with Gasteiger partial charge in [0, 0.05) is 11.9 Å². The Bertz CT molecular complexity index is 569. The predicted molar refractivity (Wildman–Crippen MR) is 67.5 cm³/mol. The first kappa shape index (κ1) is 11.2. The second-order valence-electron chi connectivity index (χ2n) is 4.02. The summed E-state index contributed by atoms with van der Waals surface area (Å²) in [5.74, 6) is 0. The molecule has 0 aliphatic carbocycles. The molecule has 1 aromatic heterocycles. The van der Waals surface area contributed by atoms with Crippen molar-refractivity contribution in [1.82, 2.24) is 4.57 Å². The van der Waals surface area contributed by atoms with E-state index < -0.39 is 0 Å². The van der Waals surface area contributed by atoms with E-state index in [0.29, 0.717) is 10.7 Å². The molecule has 0 amide bonds. The minimum Gasteiger partial charge on any atom is -0.331 e. The van der Waals surface area contributed by atoms with Crippen molar-refractivity contribution >= 4 is 28.8 Å². The fraction of sp³-hybridized carbons (Fsp3) is 0.308. The van der Waals surface area contributed by atoms with Crippen molar-refractivity contribution in [2.45, 2.75) is 27.3 Å². The molecule has 2 rings (SSSR count). The molecule has 2 nitrogen and oxygen atoms in total. The third-order valence-corrected chi connectivity index (χ3v) is 3.49. The molecule has 3 heteroatoms. The van der Waals surface area contributed by atoms with Crippen LogP contribution >= 0.6 is 11.6 Å². The van der Waals surface area contributed by atoms with Crippen molar-refractivity contribution in [1.29, 1.82) is 0 Å². The largest absolute Gasteiger partial charge is 0.331 e. The molecule has 0 fully saturated rings. The van der Waals surface area contributed by atoms with Crippen LogP contribution in [0.3, 0.4) is 0 Å². The van der Waals surface area contributed by atoms with Crippen LogP contribution in [-0.2, 0) is 6.54 Å². The summed E-state index contributed by atoms with van der Waals surface area (Å²) in [4.78, 5) is 11.1. The van der Waals surface area contributed by atoms with Crippen LogP contribution in [0.1, 0.15) is 28.4 Å². The Morgan fingerprint density at radius 2 is 1.94 bits per heavy atom. The van der Waals surface area contributed by atoms with Gasteiger partial charge in [-0.25, -0.2) is 0 Å². The first-order chi connectivity index (χ1) is 7.60. The summed E-state index contributed by atoms with van der Waals surface area (Å²) in [5, 5.41) is 1.49. The van der Waals surface area contributed by atoms with Gasteiger partial charge in [0.2, 0.25) is 0 Å². The van der Waals surface area contributed by atoms with Crippen LogP contribution in [0.4, 0.5) is 0 Å². The van der Waals surface area contributed by atoms with Gasteiger partial charge in [0.1, 0.15) is 5.15 Å². The Morgan fingerprint density at radius 1 is 1.31 bits per heavy atom. The van der Waals surface area contributed by atoms with E-state index in [-0.39, 0.29) is 0 Å². The zero-order valence-corrected chi connectivity index (χ0v) is 10.4. The monoisotopic (exact) mass is 235 g/mol. The second kappa shape index (κ2) is 3.95. The normalized spacial score (nSPS) is 11.0. The minimum atomic E-state index is 0.539. The third-order valence-electron chi connectivity index (χ3n) is 3.09. The van der Waals surface area contributed by atoms with Gasteiger partial charge in [-0.2, -0.15) is 0 Å². The zero-order chi connectivity index (χ0) is 11.9. The average Bonchev–Trinajstić information content (AvgIpc) is 2.50. The number of fused-ring (bicyclic) bond motifs is 1. The van der Waals surface area contributed by atoms with Crippen molar-refractivity contribution < 1.29 is 4.79 Å². The fourth-order valence-corrected chi connectivity index (χ4v) is 2.38. The van der Waals surface area contributed by atoms with Gasteiger partial charge in [-0.05, 0) is 44.0 Å². The summed E-state index contributed by atoms with van der Waals surface area (Å²) < 4.78 is 1.97. The smallest absolute Gasteiger partial charge is 0.153 e. The van der Waals surface area contributed by atoms with Crippen molar-refractivity contribution in [3.8, 4) is 0 Å². The molecule has 0 saturated heterocycles. The number of aromatic nitrogens is 1. The van der Waals surface area contributed by atoms with Crippen LogP contribution < -0.4 is 0 Å². The maximum atomic E-state index is 11.1. The molecule has 0 aliphatic heterocycles. The lowest BCUT2D eigenvalue weighted by Crippen LogP contribution is -1.94. The van der Waals surface area contributed by atoms with Gasteiger partial charge in [0.25, 0.3) is 0 Å². The standard InChI is InChI=1S/C13H14ClNO/c1-4-15-12-6-9(3)8(2)5-10(12)11(7-16)13(15)14/h5-7H,4H2,1-3H3. The van der Waals surface area contributed by atoms with E-state index in [1.165, 1.54) is 11.1 Å². The zero-order valence-electron chi connectivity index (χ0n) is 9.67. The van der Waals surface area contributed by atoms with Gasteiger partial charge in [0.15, 0.2) is 6.29 Å². The number of nitrogens with zero attached hydrogens (tertiary/aromatic N) is 1. The third kappa shape index (κ3) is 1.45. The molecule has 0 radical (unpaired) electrons. The Balaban J connectivity index is 2.94. The second-order valence-corrected chi connectivity index (χ2v) is 4.38. The number of benzene rings is 1. The first-order valence-corrected chi connectivity index (χ1v) is 5.72. The minimum absolute atomic E-state index is 0.539. The van der Waals surface area contributed by atoms with Crippen molar-refractivity contribution in [3.63, 3.8) is 0 Å². The number of aldehydes is 1. The van der Waals surface area contributed by atoms with Crippen LogP contribution in [-0.4, -0.2) is 10.9 Å². The highest BCUT2D eigenvalue weighted by atomic mass is 35.5. The molecule has 84 valence electrons. The summed E-state index contributed by atoms with van der Waals surface area (Å²) in [6.45, 7) is 6.90. The number of carbonyl (C=O) groups excluding carboxylic acids is 1. The lowest BCUT2D eigenvalue weighted by Gasteiger charge is -2.04. The molecule has 0 spiro atoms. The van der Waals surface area contributed by atoms with E-state index in [1.54, 1.807) is 0 Å². The molecular formula is C13H14ClNO. The Hall–Kier alpha value is -1.28. The molecule has 0 saturated carbocycles. The molecular weight excluding hydrogens is 222 g/mol. The van der Waals surface area contributed by atoms with E-state index >= 15 is 0 Å². The summed E-state index contributed by atoms with van der Waals surface area (Å²) in [5.41, 5.74) is 4.04. The summed E-state index contributed by atoms with van der Waals surface area (Å²) in [7, 11) is 0. The average molecular weight is 236 g/mol. The van der Waals surface area contributed by atoms with Gasteiger partial charge >= 0.3 is 0 Å². The molecule has 0 aliphatic rings. The summed E-state index contributed by atoms with van der Waals surface area (Å²) >= 11 is 6.19. The lowest BCUT2D eigenvalue weighted by atomic mass is 10.1. The number of halogens is 1. The SMILES string of the molecule is CCn1c(Cl)c(C=O)c2cc(C)c(C)cc21. The van der Waals surface area contributed by atoms with E-state index in [0.717, 1.165) is 23.7 Å². The molecule has 0 atom stereocenters. The quantitative estimate of drug-likeness (QED) is 0.727. The number of hydrogen-bond donors (Lipinski definition) is 0. The van der Waals surface area contributed by atoms with Crippen molar-refractivity contribution in [2.75, 3.05) is 0 Å². The molecule has 0 bridgehead atoms. The Labute approximate surface area is 99.8 Å². The van der Waals surface area contributed by atoms with Crippen LogP contribution in [0, 0.1) is 13.8 Å². The summed E-state index contributed by atoms with van der Waals surface area (Å²) in [6, 6.07) is 4.12. The fourth-order valence-electron chi connectivity index (χ4n) is 2.02. The number of rotatable bonds is 2. The highest BCUT2D eigenvalue weighted by molar-refractivity contribution is 6.34. The van der Waals surface area contributed by atoms with Crippen LogP contribution in [0.5, 0.6) is 0 Å². The van der Waals surface area contributed by atoms with Crippen LogP contribution in [0.25, 0.3) is 10.9 Å². The maximum absolute atomic E-state index is 11.1. The molecule has 1 heterocycles. The van der Waals surface area contributed by atoms with Gasteiger partial charge in [-0.15, -0.1) is 0 Å². The van der Waals surface area contributed by atoms with Gasteiger partial charge in [0.05, 0.1) is 11.1 Å². The predicted octanol–water partition coefficient (Wildman–Crippen LogP) is 3.74.